The van der Waals surface area contributed by atoms with Crippen LogP contribution in [0.1, 0.15) is 51.5 Å². The summed E-state index contributed by atoms with van der Waals surface area (Å²) >= 11 is 0. The van der Waals surface area contributed by atoms with Crippen molar-refractivity contribution in [1.29, 1.82) is 0 Å². The summed E-state index contributed by atoms with van der Waals surface area (Å²) in [6.45, 7) is 8.76. The van der Waals surface area contributed by atoms with Crippen LogP contribution >= 0.6 is 0 Å². The minimum atomic E-state index is 0.281. The predicted molar refractivity (Wildman–Crippen MR) is 103 cm³/mol. The molecule has 0 spiro atoms. The number of hydrogen-bond acceptors (Lipinski definition) is 2. The van der Waals surface area contributed by atoms with E-state index in [2.05, 4.69) is 54.4 Å². The summed E-state index contributed by atoms with van der Waals surface area (Å²) < 4.78 is 0. The van der Waals surface area contributed by atoms with Crippen LogP contribution < -0.4 is 5.32 Å². The van der Waals surface area contributed by atoms with E-state index >= 15 is 0 Å². The molecule has 3 nitrogen and oxygen atoms in total. The summed E-state index contributed by atoms with van der Waals surface area (Å²) in [5, 5.41) is 3.42. The first kappa shape index (κ1) is 18.4. The third kappa shape index (κ3) is 5.07. The lowest BCUT2D eigenvalue weighted by atomic mass is 9.83. The molecule has 1 N–H and O–H groups in total. The number of carbonyl (C=O) groups excluding carboxylic acids is 1. The fourth-order valence-corrected chi connectivity index (χ4v) is 4.52. The molecule has 1 aromatic carbocycles. The Kier molecular flexibility index (Phi) is 6.16. The molecule has 2 saturated heterocycles. The Labute approximate surface area is 153 Å². The SMILES string of the molecule is CC(CC(=O)N1CCC(C)(CCc2ccccc2)C1)C1CCNCC1. The number of piperidine rings is 1. The van der Waals surface area contributed by atoms with Crippen LogP contribution in [-0.2, 0) is 11.2 Å². The maximum absolute atomic E-state index is 12.8. The zero-order valence-electron chi connectivity index (χ0n) is 16.0. The van der Waals surface area contributed by atoms with E-state index in [1.807, 2.05) is 0 Å². The van der Waals surface area contributed by atoms with Crippen molar-refractivity contribution in [3.05, 3.63) is 35.9 Å². The molecular formula is C22H34N2O. The van der Waals surface area contributed by atoms with Gasteiger partial charge in [0, 0.05) is 19.5 Å². The van der Waals surface area contributed by atoms with Crippen LogP contribution in [0, 0.1) is 17.3 Å². The largest absolute Gasteiger partial charge is 0.342 e. The van der Waals surface area contributed by atoms with Gasteiger partial charge in [0.05, 0.1) is 0 Å². The Bertz CT molecular complexity index is 552. The van der Waals surface area contributed by atoms with Crippen molar-refractivity contribution in [3.63, 3.8) is 0 Å². The fraction of sp³-hybridized carbons (Fsp3) is 0.682. The Hall–Kier alpha value is -1.35. The molecule has 25 heavy (non-hydrogen) atoms. The number of likely N-dealkylation sites (tertiary alicyclic amines) is 1. The molecule has 3 heteroatoms. The molecule has 1 aromatic rings. The van der Waals surface area contributed by atoms with E-state index in [0.29, 0.717) is 11.8 Å². The van der Waals surface area contributed by atoms with Crippen molar-refractivity contribution in [1.82, 2.24) is 10.2 Å². The Morgan fingerprint density at radius 1 is 1.28 bits per heavy atom. The Morgan fingerprint density at radius 2 is 2.00 bits per heavy atom. The van der Waals surface area contributed by atoms with Gasteiger partial charge in [0.25, 0.3) is 0 Å². The molecule has 1 amide bonds. The van der Waals surface area contributed by atoms with Crippen LogP contribution in [0.5, 0.6) is 0 Å². The number of nitrogens with zero attached hydrogens (tertiary/aromatic N) is 1. The lowest BCUT2D eigenvalue weighted by Crippen LogP contribution is -2.35. The van der Waals surface area contributed by atoms with Crippen LogP contribution in [0.3, 0.4) is 0 Å². The molecule has 0 saturated carbocycles. The van der Waals surface area contributed by atoms with Crippen molar-refractivity contribution in [2.75, 3.05) is 26.2 Å². The summed E-state index contributed by atoms with van der Waals surface area (Å²) in [6.07, 6.45) is 6.62. The molecule has 0 radical (unpaired) electrons. The van der Waals surface area contributed by atoms with Gasteiger partial charge in [0.15, 0.2) is 0 Å². The van der Waals surface area contributed by atoms with E-state index in [1.54, 1.807) is 0 Å². The van der Waals surface area contributed by atoms with E-state index in [4.69, 9.17) is 0 Å². The highest BCUT2D eigenvalue weighted by Crippen LogP contribution is 2.35. The van der Waals surface area contributed by atoms with Gasteiger partial charge < -0.3 is 10.2 Å². The summed E-state index contributed by atoms with van der Waals surface area (Å²) in [7, 11) is 0. The normalized spacial score (nSPS) is 25.9. The van der Waals surface area contributed by atoms with Gasteiger partial charge in [-0.05, 0) is 68.0 Å². The third-order valence-electron chi connectivity index (χ3n) is 6.46. The van der Waals surface area contributed by atoms with Crippen molar-refractivity contribution in [2.45, 2.75) is 52.4 Å². The van der Waals surface area contributed by atoms with Gasteiger partial charge in [0.1, 0.15) is 0 Å². The fourth-order valence-electron chi connectivity index (χ4n) is 4.52. The molecule has 2 unspecified atom stereocenters. The molecular weight excluding hydrogens is 308 g/mol. The van der Waals surface area contributed by atoms with Gasteiger partial charge in [-0.15, -0.1) is 0 Å². The summed E-state index contributed by atoms with van der Waals surface area (Å²) in [5.41, 5.74) is 1.69. The number of rotatable bonds is 6. The molecule has 0 aromatic heterocycles. The molecule has 2 heterocycles. The van der Waals surface area contributed by atoms with Crippen molar-refractivity contribution < 1.29 is 4.79 Å². The minimum absolute atomic E-state index is 0.281. The smallest absolute Gasteiger partial charge is 0.222 e. The highest BCUT2D eigenvalue weighted by atomic mass is 16.2. The molecule has 2 aliphatic rings. The second-order valence-corrected chi connectivity index (χ2v) is 8.63. The molecule has 2 atom stereocenters. The first-order valence-corrected chi connectivity index (χ1v) is 10.1. The van der Waals surface area contributed by atoms with E-state index < -0.39 is 0 Å². The quantitative estimate of drug-likeness (QED) is 0.851. The van der Waals surface area contributed by atoms with Crippen molar-refractivity contribution in [2.24, 2.45) is 17.3 Å². The highest BCUT2D eigenvalue weighted by molar-refractivity contribution is 5.76. The lowest BCUT2D eigenvalue weighted by Gasteiger charge is -2.30. The van der Waals surface area contributed by atoms with E-state index in [0.717, 1.165) is 51.4 Å². The average Bonchev–Trinajstić information content (AvgIpc) is 3.04. The number of benzene rings is 1. The second-order valence-electron chi connectivity index (χ2n) is 8.63. The summed E-state index contributed by atoms with van der Waals surface area (Å²) in [4.78, 5) is 14.9. The van der Waals surface area contributed by atoms with Gasteiger partial charge >= 0.3 is 0 Å². The number of aryl methyl sites for hydroxylation is 1. The maximum atomic E-state index is 12.8. The molecule has 0 bridgehead atoms. The first-order chi connectivity index (χ1) is 12.1. The van der Waals surface area contributed by atoms with Crippen LogP contribution in [0.25, 0.3) is 0 Å². The number of nitrogens with one attached hydrogen (secondary N) is 1. The van der Waals surface area contributed by atoms with Crippen molar-refractivity contribution in [3.8, 4) is 0 Å². The number of carbonyl (C=O) groups is 1. The van der Waals surface area contributed by atoms with E-state index in [1.165, 1.54) is 24.8 Å². The molecule has 3 rings (SSSR count). The monoisotopic (exact) mass is 342 g/mol. The highest BCUT2D eigenvalue weighted by Gasteiger charge is 2.36. The third-order valence-corrected chi connectivity index (χ3v) is 6.46. The van der Waals surface area contributed by atoms with Crippen LogP contribution in [0.2, 0.25) is 0 Å². The predicted octanol–water partition coefficient (Wildman–Crippen LogP) is 3.88. The molecule has 0 aliphatic carbocycles. The topological polar surface area (TPSA) is 32.3 Å². The molecule has 2 fully saturated rings. The van der Waals surface area contributed by atoms with Crippen LogP contribution in [0.4, 0.5) is 0 Å². The van der Waals surface area contributed by atoms with Gasteiger partial charge in [-0.25, -0.2) is 0 Å². The standard InChI is InChI=1S/C22H34N2O/c1-18(20-9-13-23-14-10-20)16-21(25)24-15-12-22(2,17-24)11-8-19-6-4-3-5-7-19/h3-7,18,20,23H,8-17H2,1-2H3. The maximum Gasteiger partial charge on any atom is 0.222 e. The zero-order chi connectivity index (χ0) is 17.7. The number of hydrogen-bond donors (Lipinski definition) is 1. The van der Waals surface area contributed by atoms with Gasteiger partial charge in [-0.1, -0.05) is 44.2 Å². The average molecular weight is 343 g/mol. The number of amides is 1. The van der Waals surface area contributed by atoms with Crippen LogP contribution in [0.15, 0.2) is 30.3 Å². The van der Waals surface area contributed by atoms with E-state index in [-0.39, 0.29) is 5.41 Å². The Balaban J connectivity index is 1.46. The Morgan fingerprint density at radius 3 is 2.72 bits per heavy atom. The zero-order valence-corrected chi connectivity index (χ0v) is 16.0. The van der Waals surface area contributed by atoms with Gasteiger partial charge in [-0.2, -0.15) is 0 Å². The summed E-state index contributed by atoms with van der Waals surface area (Å²) in [5.74, 6) is 1.62. The molecule has 2 aliphatic heterocycles. The molecule has 138 valence electrons. The van der Waals surface area contributed by atoms with E-state index in [9.17, 15) is 4.79 Å². The minimum Gasteiger partial charge on any atom is -0.342 e. The van der Waals surface area contributed by atoms with Gasteiger partial charge in [-0.3, -0.25) is 4.79 Å². The summed E-state index contributed by atoms with van der Waals surface area (Å²) in [6, 6.07) is 10.7. The van der Waals surface area contributed by atoms with Crippen LogP contribution in [-0.4, -0.2) is 37.0 Å². The van der Waals surface area contributed by atoms with Gasteiger partial charge in [0.2, 0.25) is 5.91 Å². The first-order valence-electron chi connectivity index (χ1n) is 10.1. The second kappa shape index (κ2) is 8.35. The lowest BCUT2D eigenvalue weighted by molar-refractivity contribution is -0.131. The van der Waals surface area contributed by atoms with Crippen molar-refractivity contribution >= 4 is 5.91 Å².